The molecule has 1 saturated heterocycles. The number of benzene rings is 3. The quantitative estimate of drug-likeness (QED) is 0.346. The van der Waals surface area contributed by atoms with Crippen LogP contribution in [0.2, 0.25) is 0 Å². The fourth-order valence-corrected chi connectivity index (χ4v) is 5.55. The van der Waals surface area contributed by atoms with E-state index in [1.165, 1.54) is 16.0 Å². The first-order valence-corrected chi connectivity index (χ1v) is 12.6. The number of nitrogens with one attached hydrogen (secondary N) is 1. The molecule has 2 N–H and O–H groups in total. The standard InChI is InChI=1S/C29H32N4O3/c34-28-30-24-14-7-8-15-25(24)33(28)27-17-19-32(29(35)36)26(27)16-9-18-31(20-22-10-3-1-4-11-22)21-23-12-5-2-6-13-23/h1-8,10-15,26-27H,9,16-21H2,(H,30,34)(H,35,36)/t26-,27-/m0/s1. The lowest BCUT2D eigenvalue weighted by atomic mass is 10.0. The molecule has 7 heteroatoms. The van der Waals surface area contributed by atoms with Gasteiger partial charge < -0.3 is 15.0 Å². The van der Waals surface area contributed by atoms with Crippen molar-refractivity contribution >= 4 is 17.1 Å². The predicted octanol–water partition coefficient (Wildman–Crippen LogP) is 5.11. The van der Waals surface area contributed by atoms with Gasteiger partial charge in [-0.25, -0.2) is 9.59 Å². The van der Waals surface area contributed by atoms with Crippen molar-refractivity contribution in [3.05, 3.63) is 107 Å². The Kier molecular flexibility index (Phi) is 7.18. The van der Waals surface area contributed by atoms with Gasteiger partial charge in [0.05, 0.1) is 23.1 Å². The van der Waals surface area contributed by atoms with E-state index in [2.05, 4.69) is 58.4 Å². The number of carboxylic acid groups (broad SMARTS) is 1. The number of aromatic nitrogens is 2. The van der Waals surface area contributed by atoms with Crippen molar-refractivity contribution in [3.8, 4) is 0 Å². The third kappa shape index (κ3) is 5.21. The molecule has 1 fully saturated rings. The maximum Gasteiger partial charge on any atom is 0.407 e. The second kappa shape index (κ2) is 10.8. The van der Waals surface area contributed by atoms with Gasteiger partial charge in [0.1, 0.15) is 0 Å². The first kappa shape index (κ1) is 23.9. The third-order valence-corrected chi connectivity index (χ3v) is 7.18. The number of hydrogen-bond donors (Lipinski definition) is 2. The lowest BCUT2D eigenvalue weighted by Gasteiger charge is -2.28. The number of imidazole rings is 1. The highest BCUT2D eigenvalue weighted by atomic mass is 16.4. The van der Waals surface area contributed by atoms with Gasteiger partial charge in [-0.15, -0.1) is 0 Å². The summed E-state index contributed by atoms with van der Waals surface area (Å²) in [7, 11) is 0. The Hall–Kier alpha value is -3.84. The Morgan fingerprint density at radius 3 is 2.17 bits per heavy atom. The average molecular weight is 485 g/mol. The van der Waals surface area contributed by atoms with Crippen LogP contribution in [0.1, 0.15) is 36.4 Å². The molecular weight excluding hydrogens is 452 g/mol. The van der Waals surface area contributed by atoms with E-state index >= 15 is 0 Å². The number of fused-ring (bicyclic) bond motifs is 1. The van der Waals surface area contributed by atoms with E-state index in [0.29, 0.717) is 19.4 Å². The van der Waals surface area contributed by atoms with Crippen LogP contribution in [-0.2, 0) is 13.1 Å². The molecule has 4 aromatic rings. The molecule has 0 bridgehead atoms. The number of rotatable bonds is 9. The van der Waals surface area contributed by atoms with Crippen LogP contribution in [0, 0.1) is 0 Å². The van der Waals surface area contributed by atoms with E-state index in [1.54, 1.807) is 4.57 Å². The molecule has 3 aromatic carbocycles. The molecule has 1 amide bonds. The highest BCUT2D eigenvalue weighted by Gasteiger charge is 2.39. The first-order chi connectivity index (χ1) is 17.6. The molecule has 7 nitrogen and oxygen atoms in total. The number of hydrogen-bond acceptors (Lipinski definition) is 3. The van der Waals surface area contributed by atoms with Crippen molar-refractivity contribution in [2.75, 3.05) is 13.1 Å². The van der Waals surface area contributed by atoms with Crippen molar-refractivity contribution in [2.24, 2.45) is 0 Å². The molecule has 2 heterocycles. The summed E-state index contributed by atoms with van der Waals surface area (Å²) < 4.78 is 1.77. The Morgan fingerprint density at radius 1 is 0.917 bits per heavy atom. The fraction of sp³-hybridized carbons (Fsp3) is 0.310. The van der Waals surface area contributed by atoms with Crippen molar-refractivity contribution in [1.82, 2.24) is 19.4 Å². The Labute approximate surface area is 210 Å². The highest BCUT2D eigenvalue weighted by Crippen LogP contribution is 2.33. The number of nitrogens with zero attached hydrogens (tertiary/aromatic N) is 3. The van der Waals surface area contributed by atoms with E-state index in [9.17, 15) is 14.7 Å². The predicted molar refractivity (Wildman–Crippen MR) is 141 cm³/mol. The number of aromatic amines is 1. The van der Waals surface area contributed by atoms with Crippen LogP contribution >= 0.6 is 0 Å². The van der Waals surface area contributed by atoms with Crippen LogP contribution < -0.4 is 5.69 Å². The lowest BCUT2D eigenvalue weighted by Crippen LogP contribution is -2.39. The SMILES string of the molecule is O=C(O)N1CC[C@H](n2c(=O)[nH]c3ccccc32)[C@@H]1CCCN(Cc1ccccc1)Cc1ccccc1. The van der Waals surface area contributed by atoms with E-state index in [4.69, 9.17) is 0 Å². The third-order valence-electron chi connectivity index (χ3n) is 7.18. The Bertz CT molecular complexity index is 1310. The van der Waals surface area contributed by atoms with E-state index in [0.717, 1.165) is 37.1 Å². The average Bonchev–Trinajstić information content (AvgIpc) is 3.45. The molecular formula is C29H32N4O3. The topological polar surface area (TPSA) is 81.6 Å². The van der Waals surface area contributed by atoms with Gasteiger partial charge in [-0.05, 0) is 49.1 Å². The minimum Gasteiger partial charge on any atom is -0.465 e. The number of likely N-dealkylation sites (tertiary alicyclic amines) is 1. The smallest absolute Gasteiger partial charge is 0.407 e. The van der Waals surface area contributed by atoms with Crippen LogP contribution in [0.4, 0.5) is 4.79 Å². The van der Waals surface area contributed by atoms with Gasteiger partial charge in [0.15, 0.2) is 0 Å². The molecule has 36 heavy (non-hydrogen) atoms. The summed E-state index contributed by atoms with van der Waals surface area (Å²) >= 11 is 0. The number of amides is 1. The van der Waals surface area contributed by atoms with E-state index in [1.807, 2.05) is 36.4 Å². The molecule has 1 aliphatic rings. The Morgan fingerprint density at radius 2 is 1.53 bits per heavy atom. The largest absolute Gasteiger partial charge is 0.465 e. The normalized spacial score (nSPS) is 17.8. The zero-order valence-corrected chi connectivity index (χ0v) is 20.3. The van der Waals surface area contributed by atoms with Crippen LogP contribution in [0.15, 0.2) is 89.7 Å². The molecule has 1 aliphatic heterocycles. The van der Waals surface area contributed by atoms with Gasteiger partial charge in [0.25, 0.3) is 0 Å². The second-order valence-corrected chi connectivity index (χ2v) is 9.54. The van der Waals surface area contributed by atoms with Gasteiger partial charge in [-0.1, -0.05) is 72.8 Å². The van der Waals surface area contributed by atoms with Crippen LogP contribution in [0.25, 0.3) is 11.0 Å². The molecule has 0 radical (unpaired) electrons. The Balaban J connectivity index is 1.33. The summed E-state index contributed by atoms with van der Waals surface area (Å²) in [6.45, 7) is 2.93. The molecule has 0 aliphatic carbocycles. The molecule has 5 rings (SSSR count). The maximum absolute atomic E-state index is 12.9. The summed E-state index contributed by atoms with van der Waals surface area (Å²) in [6, 6.07) is 28.0. The highest BCUT2D eigenvalue weighted by molar-refractivity contribution is 5.75. The minimum atomic E-state index is -0.916. The van der Waals surface area contributed by atoms with Gasteiger partial charge in [0.2, 0.25) is 0 Å². The summed E-state index contributed by atoms with van der Waals surface area (Å²) in [5.41, 5.74) is 3.95. The molecule has 0 unspecified atom stereocenters. The summed E-state index contributed by atoms with van der Waals surface area (Å²) in [5, 5.41) is 9.90. The maximum atomic E-state index is 12.9. The zero-order valence-electron chi connectivity index (χ0n) is 20.3. The summed E-state index contributed by atoms with van der Waals surface area (Å²) in [5.74, 6) is 0. The second-order valence-electron chi connectivity index (χ2n) is 9.54. The molecule has 2 atom stereocenters. The van der Waals surface area contributed by atoms with E-state index in [-0.39, 0.29) is 17.8 Å². The van der Waals surface area contributed by atoms with Crippen molar-refractivity contribution in [3.63, 3.8) is 0 Å². The van der Waals surface area contributed by atoms with Gasteiger partial charge in [-0.2, -0.15) is 0 Å². The molecule has 1 aromatic heterocycles. The van der Waals surface area contributed by atoms with Gasteiger partial charge >= 0.3 is 11.8 Å². The molecule has 0 saturated carbocycles. The number of carbonyl (C=O) groups is 1. The van der Waals surface area contributed by atoms with Crippen molar-refractivity contribution < 1.29 is 9.90 Å². The minimum absolute atomic E-state index is 0.173. The van der Waals surface area contributed by atoms with E-state index < -0.39 is 6.09 Å². The monoisotopic (exact) mass is 484 g/mol. The van der Waals surface area contributed by atoms with Crippen LogP contribution in [0.3, 0.4) is 0 Å². The van der Waals surface area contributed by atoms with Gasteiger partial charge in [-0.3, -0.25) is 9.47 Å². The zero-order chi connectivity index (χ0) is 24.9. The lowest BCUT2D eigenvalue weighted by molar-refractivity contribution is 0.129. The van der Waals surface area contributed by atoms with Gasteiger partial charge in [0, 0.05) is 19.6 Å². The number of para-hydroxylation sites is 2. The van der Waals surface area contributed by atoms with Crippen molar-refractivity contribution in [1.29, 1.82) is 0 Å². The summed E-state index contributed by atoms with van der Waals surface area (Å²) in [4.78, 5) is 31.8. The fourth-order valence-electron chi connectivity index (χ4n) is 5.55. The van der Waals surface area contributed by atoms with Crippen molar-refractivity contribution in [2.45, 2.75) is 44.4 Å². The molecule has 0 spiro atoms. The summed E-state index contributed by atoms with van der Waals surface area (Å²) in [6.07, 6.45) is 1.25. The van der Waals surface area contributed by atoms with Crippen LogP contribution in [-0.4, -0.2) is 49.7 Å². The molecule has 186 valence electrons. The number of H-pyrrole nitrogens is 1. The first-order valence-electron chi connectivity index (χ1n) is 12.6. The van der Waals surface area contributed by atoms with Crippen LogP contribution in [0.5, 0.6) is 0 Å².